The van der Waals surface area contributed by atoms with E-state index in [2.05, 4.69) is 5.32 Å². The van der Waals surface area contributed by atoms with E-state index in [1.165, 1.54) is 14.0 Å². The molecule has 0 aromatic heterocycles. The van der Waals surface area contributed by atoms with Gasteiger partial charge >= 0.3 is 0 Å². The lowest BCUT2D eigenvalue weighted by molar-refractivity contribution is -0.120. The van der Waals surface area contributed by atoms with Crippen LogP contribution in [0.5, 0.6) is 5.75 Å². The molecule has 0 heterocycles. The number of Topliss-reactive ketones (excluding diaryl/α,β-unsaturated/α-hetero) is 1. The molecule has 0 aliphatic carbocycles. The smallest absolute Gasteiger partial charge is 0.224 e. The van der Waals surface area contributed by atoms with Crippen molar-refractivity contribution in [1.82, 2.24) is 5.32 Å². The molecule has 0 unspecified atom stereocenters. The van der Waals surface area contributed by atoms with Crippen LogP contribution in [0.3, 0.4) is 0 Å². The summed E-state index contributed by atoms with van der Waals surface area (Å²) in [6.45, 7) is 1.86. The third-order valence-corrected chi connectivity index (χ3v) is 3.61. The lowest BCUT2D eigenvalue weighted by atomic mass is 10.0. The first kappa shape index (κ1) is 17.2. The van der Waals surface area contributed by atoms with Gasteiger partial charge in [0, 0.05) is 17.7 Å². The molecular formula is C19H18N2O3. The number of amides is 1. The van der Waals surface area contributed by atoms with Crippen molar-refractivity contribution < 1.29 is 14.3 Å². The van der Waals surface area contributed by atoms with Gasteiger partial charge in [0.1, 0.15) is 5.75 Å². The molecule has 0 bridgehead atoms. The Morgan fingerprint density at radius 3 is 2.46 bits per heavy atom. The number of methoxy groups -OCH3 is 1. The van der Waals surface area contributed by atoms with Crippen molar-refractivity contribution in [3.8, 4) is 11.8 Å². The minimum atomic E-state index is -0.168. The SMILES string of the molecule is COc1ccc(C(C)=O)cc1CC(=O)NCc1ccc(C#N)cc1. The minimum absolute atomic E-state index is 0.0584. The highest BCUT2D eigenvalue weighted by Gasteiger charge is 2.11. The molecule has 5 nitrogen and oxygen atoms in total. The monoisotopic (exact) mass is 322 g/mol. The van der Waals surface area contributed by atoms with Gasteiger partial charge in [0.25, 0.3) is 0 Å². The van der Waals surface area contributed by atoms with E-state index in [1.54, 1.807) is 42.5 Å². The number of benzene rings is 2. The van der Waals surface area contributed by atoms with Crippen molar-refractivity contribution in [3.63, 3.8) is 0 Å². The summed E-state index contributed by atoms with van der Waals surface area (Å²) in [5.74, 6) is 0.351. The zero-order chi connectivity index (χ0) is 17.5. The van der Waals surface area contributed by atoms with Gasteiger partial charge in [-0.1, -0.05) is 12.1 Å². The molecule has 24 heavy (non-hydrogen) atoms. The molecule has 2 aromatic carbocycles. The Morgan fingerprint density at radius 2 is 1.88 bits per heavy atom. The number of ketones is 1. The second-order valence-corrected chi connectivity index (χ2v) is 5.35. The van der Waals surface area contributed by atoms with Gasteiger partial charge < -0.3 is 10.1 Å². The zero-order valence-electron chi connectivity index (χ0n) is 13.6. The summed E-state index contributed by atoms with van der Waals surface area (Å²) in [5, 5.41) is 11.6. The maximum absolute atomic E-state index is 12.2. The molecule has 2 rings (SSSR count). The fourth-order valence-corrected chi connectivity index (χ4v) is 2.27. The van der Waals surface area contributed by atoms with E-state index in [0.717, 1.165) is 5.56 Å². The Hall–Kier alpha value is -3.13. The van der Waals surface area contributed by atoms with Crippen LogP contribution in [0.15, 0.2) is 42.5 Å². The van der Waals surface area contributed by atoms with Crippen LogP contribution in [-0.2, 0) is 17.8 Å². The quantitative estimate of drug-likeness (QED) is 0.829. The normalized spacial score (nSPS) is 9.88. The number of hydrogen-bond donors (Lipinski definition) is 1. The number of ether oxygens (including phenoxy) is 1. The second kappa shape index (κ2) is 7.93. The molecule has 1 N–H and O–H groups in total. The molecule has 0 fully saturated rings. The molecule has 0 spiro atoms. The fourth-order valence-electron chi connectivity index (χ4n) is 2.27. The van der Waals surface area contributed by atoms with E-state index in [0.29, 0.717) is 29.0 Å². The van der Waals surface area contributed by atoms with Gasteiger partial charge in [-0.3, -0.25) is 9.59 Å². The molecule has 1 amide bonds. The number of carbonyl (C=O) groups is 2. The average molecular weight is 322 g/mol. The first-order valence-corrected chi connectivity index (χ1v) is 7.47. The van der Waals surface area contributed by atoms with Crippen molar-refractivity contribution in [2.75, 3.05) is 7.11 Å². The van der Waals surface area contributed by atoms with Gasteiger partial charge in [-0.15, -0.1) is 0 Å². The van der Waals surface area contributed by atoms with E-state index in [4.69, 9.17) is 10.00 Å². The average Bonchev–Trinajstić information content (AvgIpc) is 2.60. The lowest BCUT2D eigenvalue weighted by Crippen LogP contribution is -2.24. The molecule has 0 atom stereocenters. The molecule has 0 saturated carbocycles. The van der Waals surface area contributed by atoms with Crippen LogP contribution in [0.4, 0.5) is 0 Å². The Labute approximate surface area is 140 Å². The summed E-state index contributed by atoms with van der Waals surface area (Å²) < 4.78 is 5.25. The number of nitrogens with zero attached hydrogens (tertiary/aromatic N) is 1. The standard InChI is InChI=1S/C19H18N2O3/c1-13(22)16-7-8-18(24-2)17(9-16)10-19(23)21-12-15-5-3-14(11-20)4-6-15/h3-9H,10,12H2,1-2H3,(H,21,23). The highest BCUT2D eigenvalue weighted by Crippen LogP contribution is 2.21. The van der Waals surface area contributed by atoms with Crippen LogP contribution < -0.4 is 10.1 Å². The third-order valence-electron chi connectivity index (χ3n) is 3.61. The third kappa shape index (κ3) is 4.43. The fraction of sp³-hybridized carbons (Fsp3) is 0.211. The molecule has 0 aliphatic heterocycles. The summed E-state index contributed by atoms with van der Waals surface area (Å²) in [6.07, 6.45) is 0.126. The number of rotatable bonds is 6. The Bertz CT molecular complexity index is 789. The van der Waals surface area contributed by atoms with Gasteiger partial charge in [-0.05, 0) is 42.8 Å². The van der Waals surface area contributed by atoms with Crippen LogP contribution in [0.25, 0.3) is 0 Å². The largest absolute Gasteiger partial charge is 0.496 e. The van der Waals surface area contributed by atoms with Crippen LogP contribution >= 0.6 is 0 Å². The Morgan fingerprint density at radius 1 is 1.17 bits per heavy atom. The van der Waals surface area contributed by atoms with Crippen molar-refractivity contribution in [3.05, 3.63) is 64.7 Å². The topological polar surface area (TPSA) is 79.2 Å². The van der Waals surface area contributed by atoms with Crippen molar-refractivity contribution >= 4 is 11.7 Å². The highest BCUT2D eigenvalue weighted by atomic mass is 16.5. The number of carbonyl (C=O) groups excluding carboxylic acids is 2. The summed E-state index contributed by atoms with van der Waals surface area (Å²) in [4.78, 5) is 23.6. The maximum Gasteiger partial charge on any atom is 0.224 e. The molecule has 0 aliphatic rings. The van der Waals surface area contributed by atoms with E-state index in [-0.39, 0.29) is 18.1 Å². The first-order chi connectivity index (χ1) is 11.5. The summed E-state index contributed by atoms with van der Waals surface area (Å²) in [6, 6.07) is 14.1. The van der Waals surface area contributed by atoms with Gasteiger partial charge in [0.15, 0.2) is 5.78 Å². The molecule has 5 heteroatoms. The van der Waals surface area contributed by atoms with Crippen molar-refractivity contribution in [2.45, 2.75) is 19.9 Å². The van der Waals surface area contributed by atoms with Crippen molar-refractivity contribution in [1.29, 1.82) is 5.26 Å². The first-order valence-electron chi connectivity index (χ1n) is 7.47. The molecule has 2 aromatic rings. The number of hydrogen-bond acceptors (Lipinski definition) is 4. The summed E-state index contributed by atoms with van der Waals surface area (Å²) >= 11 is 0. The molecule has 0 saturated heterocycles. The predicted octanol–water partition coefficient (Wildman–Crippen LogP) is 2.63. The van der Waals surface area contributed by atoms with Gasteiger partial charge in [-0.25, -0.2) is 0 Å². The number of nitrogens with one attached hydrogen (secondary N) is 1. The second-order valence-electron chi connectivity index (χ2n) is 5.35. The predicted molar refractivity (Wildman–Crippen MR) is 89.7 cm³/mol. The highest BCUT2D eigenvalue weighted by molar-refractivity contribution is 5.94. The summed E-state index contributed by atoms with van der Waals surface area (Å²) in [5.41, 5.74) is 2.70. The zero-order valence-corrected chi connectivity index (χ0v) is 13.6. The van der Waals surface area contributed by atoms with Crippen LogP contribution in [-0.4, -0.2) is 18.8 Å². The van der Waals surface area contributed by atoms with E-state index in [1.807, 2.05) is 6.07 Å². The van der Waals surface area contributed by atoms with Gasteiger partial charge in [0.2, 0.25) is 5.91 Å². The Balaban J connectivity index is 2.02. The molecule has 0 radical (unpaired) electrons. The number of nitriles is 1. The summed E-state index contributed by atoms with van der Waals surface area (Å²) in [7, 11) is 1.53. The van der Waals surface area contributed by atoms with Gasteiger partial charge in [-0.2, -0.15) is 5.26 Å². The van der Waals surface area contributed by atoms with Crippen LogP contribution in [0.2, 0.25) is 0 Å². The van der Waals surface area contributed by atoms with E-state index < -0.39 is 0 Å². The lowest BCUT2D eigenvalue weighted by Gasteiger charge is -2.10. The molecule has 122 valence electrons. The maximum atomic E-state index is 12.2. The van der Waals surface area contributed by atoms with Crippen LogP contribution in [0, 0.1) is 11.3 Å². The Kier molecular flexibility index (Phi) is 5.69. The van der Waals surface area contributed by atoms with E-state index in [9.17, 15) is 9.59 Å². The molecular weight excluding hydrogens is 304 g/mol. The minimum Gasteiger partial charge on any atom is -0.496 e. The van der Waals surface area contributed by atoms with Crippen LogP contribution in [0.1, 0.15) is 34.0 Å². The van der Waals surface area contributed by atoms with Gasteiger partial charge in [0.05, 0.1) is 25.2 Å². The van der Waals surface area contributed by atoms with Crippen molar-refractivity contribution in [2.24, 2.45) is 0 Å². The van der Waals surface area contributed by atoms with E-state index >= 15 is 0 Å².